The van der Waals surface area contributed by atoms with Crippen molar-refractivity contribution >= 4 is 27.3 Å². The van der Waals surface area contributed by atoms with Crippen LogP contribution >= 0.6 is 11.3 Å². The fourth-order valence-electron chi connectivity index (χ4n) is 2.23. The van der Waals surface area contributed by atoms with Crippen molar-refractivity contribution in [2.24, 2.45) is 5.92 Å². The number of aromatic carboxylic acids is 1. The van der Waals surface area contributed by atoms with Gasteiger partial charge < -0.3 is 10.2 Å². The van der Waals surface area contributed by atoms with Crippen LogP contribution < -0.4 is 0 Å². The third-order valence-corrected chi connectivity index (χ3v) is 6.17. The maximum atomic E-state index is 12.4. The van der Waals surface area contributed by atoms with E-state index in [1.807, 2.05) is 0 Å². The lowest BCUT2D eigenvalue weighted by atomic mass is 10.1. The van der Waals surface area contributed by atoms with Crippen LogP contribution in [0, 0.1) is 5.92 Å². The zero-order valence-corrected chi connectivity index (χ0v) is 11.8. The van der Waals surface area contributed by atoms with Crippen molar-refractivity contribution in [3.05, 3.63) is 16.3 Å². The van der Waals surface area contributed by atoms with Crippen molar-refractivity contribution in [1.29, 1.82) is 0 Å². The quantitative estimate of drug-likeness (QED) is 0.840. The zero-order valence-electron chi connectivity index (χ0n) is 10.2. The Bertz CT molecular complexity index is 565. The number of thiophene rings is 1. The molecule has 1 atom stereocenters. The summed E-state index contributed by atoms with van der Waals surface area (Å²) in [7, 11) is -3.74. The minimum absolute atomic E-state index is 0.0391. The van der Waals surface area contributed by atoms with Gasteiger partial charge in [0.25, 0.3) is 0 Å². The second kappa shape index (κ2) is 5.58. The van der Waals surface area contributed by atoms with Crippen LogP contribution in [0.15, 0.2) is 16.3 Å². The van der Waals surface area contributed by atoms with E-state index in [4.69, 9.17) is 10.2 Å². The summed E-state index contributed by atoms with van der Waals surface area (Å²) in [6, 6.07) is 1.34. The van der Waals surface area contributed by atoms with E-state index in [0.29, 0.717) is 25.9 Å². The summed E-state index contributed by atoms with van der Waals surface area (Å²) >= 11 is 0.909. The van der Waals surface area contributed by atoms with E-state index in [1.54, 1.807) is 0 Å². The number of aliphatic hydroxyl groups is 1. The number of nitrogens with zero attached hydrogens (tertiary/aromatic N) is 1. The van der Waals surface area contributed by atoms with E-state index in [1.165, 1.54) is 15.8 Å². The first-order chi connectivity index (χ1) is 8.96. The number of carbonyl (C=O) groups is 1. The van der Waals surface area contributed by atoms with Gasteiger partial charge in [-0.1, -0.05) is 0 Å². The fourth-order valence-corrected chi connectivity index (χ4v) is 4.99. The lowest BCUT2D eigenvalue weighted by Gasteiger charge is -2.16. The SMILES string of the molecule is O=C(O)c1sccc1S(=O)(=O)N1CCC(CCO)C1. The molecule has 0 aromatic carbocycles. The Morgan fingerprint density at radius 1 is 1.53 bits per heavy atom. The van der Waals surface area contributed by atoms with Gasteiger partial charge in [-0.15, -0.1) is 11.3 Å². The van der Waals surface area contributed by atoms with Crippen LogP contribution in [0.1, 0.15) is 22.5 Å². The molecule has 1 saturated heterocycles. The molecule has 2 rings (SSSR count). The summed E-state index contributed by atoms with van der Waals surface area (Å²) in [6.07, 6.45) is 1.27. The first-order valence-electron chi connectivity index (χ1n) is 5.88. The molecule has 6 nitrogen and oxygen atoms in total. The van der Waals surface area contributed by atoms with Crippen LogP contribution in [-0.2, 0) is 10.0 Å². The molecule has 2 heterocycles. The number of aliphatic hydroxyl groups excluding tert-OH is 1. The standard InChI is InChI=1S/C11H15NO5S2/c13-5-2-8-1-4-12(7-8)19(16,17)9-3-6-18-10(9)11(14)15/h3,6,8,13H,1-2,4-5,7H2,(H,14,15). The normalized spacial score (nSPS) is 20.8. The summed E-state index contributed by atoms with van der Waals surface area (Å²) in [5.74, 6) is -1.08. The Kier molecular flexibility index (Phi) is 4.24. The van der Waals surface area contributed by atoms with Gasteiger partial charge in [0, 0.05) is 19.7 Å². The molecule has 1 aromatic rings. The van der Waals surface area contributed by atoms with Crippen LogP contribution in [0.5, 0.6) is 0 Å². The van der Waals surface area contributed by atoms with Crippen molar-refractivity contribution in [1.82, 2.24) is 4.31 Å². The number of carboxylic acids is 1. The summed E-state index contributed by atoms with van der Waals surface area (Å²) in [6.45, 7) is 0.761. The highest BCUT2D eigenvalue weighted by molar-refractivity contribution is 7.89. The molecular weight excluding hydrogens is 290 g/mol. The molecule has 0 spiro atoms. The van der Waals surface area contributed by atoms with E-state index < -0.39 is 16.0 Å². The lowest BCUT2D eigenvalue weighted by Crippen LogP contribution is -2.29. The number of sulfonamides is 1. The van der Waals surface area contributed by atoms with Gasteiger partial charge in [-0.3, -0.25) is 0 Å². The summed E-state index contributed by atoms with van der Waals surface area (Å²) in [5.41, 5.74) is 0. The Balaban J connectivity index is 2.24. The molecule has 1 aromatic heterocycles. The lowest BCUT2D eigenvalue weighted by molar-refractivity contribution is 0.0698. The third kappa shape index (κ3) is 2.81. The molecule has 19 heavy (non-hydrogen) atoms. The molecule has 0 radical (unpaired) electrons. The van der Waals surface area contributed by atoms with E-state index in [-0.39, 0.29) is 22.3 Å². The maximum Gasteiger partial charge on any atom is 0.347 e. The Hall–Kier alpha value is -0.960. The molecular formula is C11H15NO5S2. The smallest absolute Gasteiger partial charge is 0.347 e. The van der Waals surface area contributed by atoms with Gasteiger partial charge in [0.05, 0.1) is 0 Å². The van der Waals surface area contributed by atoms with Crippen molar-refractivity contribution < 1.29 is 23.4 Å². The number of hydrogen-bond acceptors (Lipinski definition) is 5. The second-order valence-corrected chi connectivity index (χ2v) is 7.27. The number of carboxylic acid groups (broad SMARTS) is 1. The number of hydrogen-bond donors (Lipinski definition) is 2. The van der Waals surface area contributed by atoms with Gasteiger partial charge in [0.2, 0.25) is 10.0 Å². The van der Waals surface area contributed by atoms with Crippen molar-refractivity contribution in [2.45, 2.75) is 17.7 Å². The molecule has 0 aliphatic carbocycles. The maximum absolute atomic E-state index is 12.4. The summed E-state index contributed by atoms with van der Waals surface area (Å²) in [4.78, 5) is 10.7. The molecule has 106 valence electrons. The zero-order chi connectivity index (χ0) is 14.0. The predicted octanol–water partition coefficient (Wildman–Crippen LogP) is 0.839. The van der Waals surface area contributed by atoms with Gasteiger partial charge in [-0.2, -0.15) is 4.31 Å². The molecule has 1 aliphatic heterocycles. The first-order valence-corrected chi connectivity index (χ1v) is 8.20. The Morgan fingerprint density at radius 2 is 2.26 bits per heavy atom. The topological polar surface area (TPSA) is 94.9 Å². The van der Waals surface area contributed by atoms with E-state index in [0.717, 1.165) is 11.3 Å². The summed E-state index contributed by atoms with van der Waals surface area (Å²) in [5, 5.41) is 19.3. The van der Waals surface area contributed by atoms with Crippen molar-refractivity contribution in [2.75, 3.05) is 19.7 Å². The predicted molar refractivity (Wildman–Crippen MR) is 69.8 cm³/mol. The van der Waals surface area contributed by atoms with Gasteiger partial charge in [-0.05, 0) is 30.2 Å². The van der Waals surface area contributed by atoms with Gasteiger partial charge in [-0.25, -0.2) is 13.2 Å². The van der Waals surface area contributed by atoms with Crippen LogP contribution in [0.4, 0.5) is 0 Å². The van der Waals surface area contributed by atoms with Gasteiger partial charge in [0.15, 0.2) is 0 Å². The van der Waals surface area contributed by atoms with E-state index in [2.05, 4.69) is 0 Å². The average molecular weight is 305 g/mol. The van der Waals surface area contributed by atoms with Crippen LogP contribution in [0.25, 0.3) is 0 Å². The molecule has 1 fully saturated rings. The molecule has 1 unspecified atom stereocenters. The van der Waals surface area contributed by atoms with Crippen LogP contribution in [0.3, 0.4) is 0 Å². The minimum Gasteiger partial charge on any atom is -0.477 e. The average Bonchev–Trinajstić information content (AvgIpc) is 2.97. The first kappa shape index (κ1) is 14.4. The minimum atomic E-state index is -3.74. The highest BCUT2D eigenvalue weighted by Crippen LogP contribution is 2.30. The largest absolute Gasteiger partial charge is 0.477 e. The second-order valence-electron chi connectivity index (χ2n) is 4.45. The van der Waals surface area contributed by atoms with Gasteiger partial charge >= 0.3 is 5.97 Å². The van der Waals surface area contributed by atoms with Gasteiger partial charge in [0.1, 0.15) is 9.77 Å². The van der Waals surface area contributed by atoms with E-state index in [9.17, 15) is 13.2 Å². The molecule has 0 amide bonds. The fraction of sp³-hybridized carbons (Fsp3) is 0.545. The molecule has 1 aliphatic rings. The highest BCUT2D eigenvalue weighted by Gasteiger charge is 2.35. The number of rotatable bonds is 5. The molecule has 2 N–H and O–H groups in total. The monoisotopic (exact) mass is 305 g/mol. The van der Waals surface area contributed by atoms with Crippen molar-refractivity contribution in [3.63, 3.8) is 0 Å². The Labute approximate surface area is 115 Å². The molecule has 0 bridgehead atoms. The third-order valence-electron chi connectivity index (χ3n) is 3.23. The van der Waals surface area contributed by atoms with Crippen LogP contribution in [0.2, 0.25) is 0 Å². The summed E-state index contributed by atoms with van der Waals surface area (Å²) < 4.78 is 26.1. The molecule has 8 heteroatoms. The Morgan fingerprint density at radius 3 is 2.89 bits per heavy atom. The van der Waals surface area contributed by atoms with E-state index >= 15 is 0 Å². The highest BCUT2D eigenvalue weighted by atomic mass is 32.2. The molecule has 0 saturated carbocycles. The van der Waals surface area contributed by atoms with Crippen molar-refractivity contribution in [3.8, 4) is 0 Å². The van der Waals surface area contributed by atoms with Crippen LogP contribution in [-0.4, -0.2) is 48.6 Å².